The second-order valence-electron chi connectivity index (χ2n) is 8.60. The summed E-state index contributed by atoms with van der Waals surface area (Å²) in [5, 5.41) is 10.8. The van der Waals surface area contributed by atoms with Crippen LogP contribution in [0.25, 0.3) is 22.3 Å². The summed E-state index contributed by atoms with van der Waals surface area (Å²) in [4.78, 5) is 26.1. The zero-order valence-corrected chi connectivity index (χ0v) is 23.1. The molecule has 0 aliphatic carbocycles. The van der Waals surface area contributed by atoms with E-state index in [0.717, 1.165) is 19.3 Å². The van der Waals surface area contributed by atoms with Gasteiger partial charge in [0.15, 0.2) is 5.82 Å². The average Bonchev–Trinajstić information content (AvgIpc) is 3.47. The van der Waals surface area contributed by atoms with Crippen molar-refractivity contribution in [2.75, 3.05) is 32.6 Å². The number of fused-ring (bicyclic) bond motifs is 1. The fraction of sp³-hybridized carbons (Fsp3) is 0.318. The standard InChI is InChI=1S/C22H24IN9O4S/c1-13(23)31-10-17(22(33)27-15-11-36-12-15)16-8-25-20(6-18(16)31)28-19-4-5-24-21(29-19)14-7-26-32(9-14)37(34,35)30(2)3/h4-10,13,15H,11-12H2,1-3H3,(H,27,33)(H,24,25,28,29). The molecule has 0 radical (unpaired) electrons. The Balaban J connectivity index is 1.42. The summed E-state index contributed by atoms with van der Waals surface area (Å²) in [6.45, 7) is 3.07. The molecule has 4 aromatic heterocycles. The number of hydrogen-bond acceptors (Lipinski definition) is 9. The second kappa shape index (κ2) is 9.96. The maximum Gasteiger partial charge on any atom is 0.322 e. The van der Waals surface area contributed by atoms with Crippen LogP contribution < -0.4 is 10.6 Å². The molecule has 0 bridgehead atoms. The lowest BCUT2D eigenvalue weighted by Gasteiger charge is -2.26. The number of alkyl halides is 1. The van der Waals surface area contributed by atoms with E-state index in [1.54, 1.807) is 18.5 Å². The smallest absolute Gasteiger partial charge is 0.322 e. The van der Waals surface area contributed by atoms with Crippen LogP contribution in [0, 0.1) is 0 Å². The number of rotatable bonds is 8. The molecule has 4 aromatic rings. The van der Waals surface area contributed by atoms with Crippen molar-refractivity contribution >= 4 is 61.2 Å². The Morgan fingerprint density at radius 2 is 2.00 bits per heavy atom. The van der Waals surface area contributed by atoms with Gasteiger partial charge < -0.3 is 19.9 Å². The number of nitrogens with zero attached hydrogens (tertiary/aromatic N) is 7. The van der Waals surface area contributed by atoms with Crippen molar-refractivity contribution in [3.63, 3.8) is 0 Å². The van der Waals surface area contributed by atoms with E-state index >= 15 is 0 Å². The minimum Gasteiger partial charge on any atom is -0.377 e. The molecule has 0 aromatic carbocycles. The zero-order valence-electron chi connectivity index (χ0n) is 20.2. The number of ether oxygens (including phenoxy) is 1. The number of amides is 1. The summed E-state index contributed by atoms with van der Waals surface area (Å²) in [7, 11) is -0.892. The van der Waals surface area contributed by atoms with Crippen LogP contribution in [0.1, 0.15) is 21.3 Å². The third-order valence-electron chi connectivity index (χ3n) is 5.75. The number of nitrogens with one attached hydrogen (secondary N) is 2. The lowest BCUT2D eigenvalue weighted by atomic mass is 10.2. The minimum atomic E-state index is -3.74. The Morgan fingerprint density at radius 1 is 1.22 bits per heavy atom. The number of carbonyl (C=O) groups excluding carboxylic acids is 1. The van der Waals surface area contributed by atoms with Gasteiger partial charge in [0.25, 0.3) is 5.91 Å². The van der Waals surface area contributed by atoms with E-state index in [0.29, 0.717) is 41.8 Å². The SMILES string of the molecule is CC(I)n1cc(C(=O)NC2COC2)c2cnc(Nc3ccnc(-c4cnn(S(=O)(=O)N(C)C)c4)n3)cc21. The van der Waals surface area contributed by atoms with Crippen LogP contribution in [0.4, 0.5) is 11.6 Å². The Labute approximate surface area is 226 Å². The van der Waals surface area contributed by atoms with Crippen molar-refractivity contribution in [1.82, 2.24) is 38.3 Å². The molecule has 0 spiro atoms. The van der Waals surface area contributed by atoms with Gasteiger partial charge in [0, 0.05) is 44.1 Å². The van der Waals surface area contributed by atoms with Crippen LogP contribution in [-0.2, 0) is 14.9 Å². The molecule has 1 fully saturated rings. The molecule has 2 N–H and O–H groups in total. The molecule has 1 aliphatic rings. The Kier molecular flexibility index (Phi) is 6.86. The van der Waals surface area contributed by atoms with Crippen molar-refractivity contribution < 1.29 is 17.9 Å². The number of hydrogen-bond donors (Lipinski definition) is 2. The molecule has 13 nitrogen and oxygen atoms in total. The predicted octanol–water partition coefficient (Wildman–Crippen LogP) is 2.17. The number of anilines is 2. The fourth-order valence-corrected chi connectivity index (χ4v) is 4.89. The first kappa shape index (κ1) is 25.5. The van der Waals surface area contributed by atoms with E-state index < -0.39 is 10.2 Å². The average molecular weight is 637 g/mol. The highest BCUT2D eigenvalue weighted by molar-refractivity contribution is 14.1. The molecule has 1 saturated heterocycles. The van der Waals surface area contributed by atoms with Gasteiger partial charge in [-0.3, -0.25) is 4.79 Å². The van der Waals surface area contributed by atoms with Gasteiger partial charge in [-0.1, -0.05) is 22.6 Å². The molecule has 37 heavy (non-hydrogen) atoms. The summed E-state index contributed by atoms with van der Waals surface area (Å²) >= 11 is 2.29. The summed E-state index contributed by atoms with van der Waals surface area (Å²) in [5.74, 6) is 1.13. The third-order valence-corrected chi connectivity index (χ3v) is 7.94. The number of pyridine rings is 1. The van der Waals surface area contributed by atoms with Crippen molar-refractivity contribution in [3.8, 4) is 11.4 Å². The first-order valence-electron chi connectivity index (χ1n) is 11.2. The molecular weight excluding hydrogens is 613 g/mol. The normalized spacial score (nSPS) is 15.1. The number of aromatic nitrogens is 6. The van der Waals surface area contributed by atoms with Gasteiger partial charge >= 0.3 is 10.2 Å². The van der Waals surface area contributed by atoms with Crippen molar-refractivity contribution in [1.29, 1.82) is 0 Å². The first-order valence-corrected chi connectivity index (χ1v) is 13.9. The monoisotopic (exact) mass is 637 g/mol. The highest BCUT2D eigenvalue weighted by Crippen LogP contribution is 2.30. The van der Waals surface area contributed by atoms with Crippen molar-refractivity contribution in [3.05, 3.63) is 48.7 Å². The lowest BCUT2D eigenvalue weighted by molar-refractivity contribution is -0.00343. The van der Waals surface area contributed by atoms with Gasteiger partial charge in [0.1, 0.15) is 11.6 Å². The summed E-state index contributed by atoms with van der Waals surface area (Å²) < 4.78 is 33.8. The van der Waals surface area contributed by atoms with Gasteiger partial charge in [-0.15, -0.1) is 0 Å². The van der Waals surface area contributed by atoms with Gasteiger partial charge in [-0.2, -0.15) is 21.9 Å². The maximum atomic E-state index is 12.9. The van der Waals surface area contributed by atoms with Crippen molar-refractivity contribution in [2.45, 2.75) is 17.0 Å². The van der Waals surface area contributed by atoms with Crippen molar-refractivity contribution in [2.24, 2.45) is 0 Å². The van der Waals surface area contributed by atoms with Crippen LogP contribution in [0.3, 0.4) is 0 Å². The highest BCUT2D eigenvalue weighted by Gasteiger charge is 2.24. The molecule has 5 heterocycles. The van der Waals surface area contributed by atoms with Gasteiger partial charge in [0.2, 0.25) is 0 Å². The van der Waals surface area contributed by atoms with E-state index in [1.807, 2.05) is 23.8 Å². The molecule has 194 valence electrons. The molecule has 5 rings (SSSR count). The quantitative estimate of drug-likeness (QED) is 0.219. The van der Waals surface area contributed by atoms with Crippen LogP contribution in [0.2, 0.25) is 0 Å². The molecular formula is C22H24IN9O4S. The second-order valence-corrected chi connectivity index (χ2v) is 12.4. The highest BCUT2D eigenvalue weighted by atomic mass is 127. The summed E-state index contributed by atoms with van der Waals surface area (Å²) in [6.07, 6.45) is 7.81. The number of carbonyl (C=O) groups is 1. The van der Waals surface area contributed by atoms with E-state index in [2.05, 4.69) is 53.3 Å². The fourth-order valence-electron chi connectivity index (χ4n) is 3.68. The van der Waals surface area contributed by atoms with Crippen LogP contribution in [0.15, 0.2) is 43.1 Å². The zero-order chi connectivity index (χ0) is 26.3. The number of halogens is 1. The van der Waals surface area contributed by atoms with Crippen LogP contribution >= 0.6 is 22.6 Å². The Hall–Kier alpha value is -3.15. The topological polar surface area (TPSA) is 149 Å². The van der Waals surface area contributed by atoms with Gasteiger partial charge in [-0.25, -0.2) is 15.0 Å². The molecule has 1 atom stereocenters. The molecule has 1 amide bonds. The predicted molar refractivity (Wildman–Crippen MR) is 145 cm³/mol. The molecule has 1 unspecified atom stereocenters. The van der Waals surface area contributed by atoms with E-state index in [4.69, 9.17) is 4.74 Å². The lowest BCUT2D eigenvalue weighted by Crippen LogP contribution is -2.48. The summed E-state index contributed by atoms with van der Waals surface area (Å²) in [5.41, 5.74) is 1.84. The Morgan fingerprint density at radius 3 is 2.68 bits per heavy atom. The van der Waals surface area contributed by atoms with Gasteiger partial charge in [0.05, 0.1) is 52.3 Å². The summed E-state index contributed by atoms with van der Waals surface area (Å²) in [6, 6.07) is 3.56. The first-order chi connectivity index (χ1) is 17.6. The molecule has 1 aliphatic heterocycles. The third kappa shape index (κ3) is 5.03. The van der Waals surface area contributed by atoms with E-state index in [-0.39, 0.29) is 16.0 Å². The Bertz CT molecular complexity index is 1580. The van der Waals surface area contributed by atoms with E-state index in [1.165, 1.54) is 26.5 Å². The maximum absolute atomic E-state index is 12.9. The van der Waals surface area contributed by atoms with E-state index in [9.17, 15) is 13.2 Å². The molecule has 15 heteroatoms. The van der Waals surface area contributed by atoms with Crippen LogP contribution in [-0.4, -0.2) is 80.7 Å². The minimum absolute atomic E-state index is 0.0267. The van der Waals surface area contributed by atoms with Gasteiger partial charge in [-0.05, 0) is 13.0 Å². The largest absolute Gasteiger partial charge is 0.377 e. The molecule has 0 saturated carbocycles. The van der Waals surface area contributed by atoms with Crippen LogP contribution in [0.5, 0.6) is 0 Å².